The van der Waals surface area contributed by atoms with Gasteiger partial charge < -0.3 is 0 Å². The summed E-state index contributed by atoms with van der Waals surface area (Å²) >= 11 is 0. The molecule has 8 aromatic rings. The Kier molecular flexibility index (Phi) is 3.28. The van der Waals surface area contributed by atoms with E-state index in [0.717, 1.165) is 0 Å². The summed E-state index contributed by atoms with van der Waals surface area (Å²) in [5.41, 5.74) is 5.04. The molecule has 8 aromatic carbocycles. The number of benzene rings is 8. The van der Waals surface area contributed by atoms with Crippen molar-refractivity contribution in [1.82, 2.24) is 0 Å². The molecule has 0 aromatic heterocycles. The Balaban J connectivity index is 1.45. The number of hydrogen-bond donors (Lipinski definition) is 0. The topological polar surface area (TPSA) is 0 Å². The molecule has 1 aliphatic rings. The van der Waals surface area contributed by atoms with Gasteiger partial charge in [-0.15, -0.1) is 0 Å². The van der Waals surface area contributed by atoms with Gasteiger partial charge in [0.05, 0.1) is 0 Å². The molecule has 1 aliphatic carbocycles. The standard InChI is InChI=1S/C38H20/c1-2-22-6-26-10-30-14-34-18-37-17-33-13-29-9-25-5-21(1)23-3-4-24(22)8-28(26)12-32(30)16-36(34)20-38(37)19-35(33)15-31(29)11-27(25)7-23/h1-20H/b2-1-,4-3+. The zero-order valence-corrected chi connectivity index (χ0v) is 20.5. The third-order valence-electron chi connectivity index (χ3n) is 8.86. The third kappa shape index (κ3) is 2.54. The molecule has 0 aliphatic heterocycles. The minimum absolute atomic E-state index is 1.26. The molecule has 0 saturated carbocycles. The summed E-state index contributed by atoms with van der Waals surface area (Å²) in [5, 5.41) is 18.1. The molecule has 0 heteroatoms. The third-order valence-corrected chi connectivity index (χ3v) is 8.86. The lowest BCUT2D eigenvalue weighted by molar-refractivity contribution is 1.64. The van der Waals surface area contributed by atoms with Gasteiger partial charge in [-0.3, -0.25) is 0 Å². The van der Waals surface area contributed by atoms with Crippen LogP contribution in [-0.2, 0) is 0 Å². The van der Waals surface area contributed by atoms with Crippen LogP contribution in [0.2, 0.25) is 0 Å². The van der Waals surface area contributed by atoms with Gasteiger partial charge in [-0.1, -0.05) is 24.3 Å². The Morgan fingerprint density at radius 3 is 0.447 bits per heavy atom. The van der Waals surface area contributed by atoms with Crippen LogP contribution in [0, 0.1) is 0 Å². The Hall–Kier alpha value is -4.94. The molecule has 0 amide bonds. The van der Waals surface area contributed by atoms with Gasteiger partial charge in [0.2, 0.25) is 0 Å². The van der Waals surface area contributed by atoms with E-state index in [9.17, 15) is 0 Å². The Bertz CT molecular complexity index is 2140. The first kappa shape index (κ1) is 19.2. The monoisotopic (exact) mass is 476 g/mol. The number of rotatable bonds is 0. The summed E-state index contributed by atoms with van der Waals surface area (Å²) in [6, 6.07) is 37.8. The lowest BCUT2D eigenvalue weighted by Gasteiger charge is -2.12. The molecular formula is C38H20. The van der Waals surface area contributed by atoms with Crippen molar-refractivity contribution in [1.29, 1.82) is 0 Å². The van der Waals surface area contributed by atoms with Crippen molar-refractivity contribution in [3.63, 3.8) is 0 Å². The quantitative estimate of drug-likeness (QED) is 0.191. The molecule has 0 N–H and O–H groups in total. The minimum Gasteiger partial charge on any atom is -0.0537 e. The van der Waals surface area contributed by atoms with Gasteiger partial charge in [0.15, 0.2) is 0 Å². The van der Waals surface area contributed by atoms with Crippen LogP contribution in [0.15, 0.2) is 97.1 Å². The van der Waals surface area contributed by atoms with Crippen LogP contribution >= 0.6 is 0 Å². The van der Waals surface area contributed by atoms with Crippen molar-refractivity contribution in [2.45, 2.75) is 0 Å². The number of hydrogen-bond acceptors (Lipinski definition) is 0. The van der Waals surface area contributed by atoms with Gasteiger partial charge in [-0.2, -0.15) is 0 Å². The molecule has 0 saturated heterocycles. The second-order valence-corrected chi connectivity index (χ2v) is 11.2. The van der Waals surface area contributed by atoms with Crippen molar-refractivity contribution in [2.24, 2.45) is 0 Å². The summed E-state index contributed by atoms with van der Waals surface area (Å²) in [7, 11) is 0. The lowest BCUT2D eigenvalue weighted by atomic mass is 9.92. The molecular weight excluding hydrogens is 456 g/mol. The van der Waals surface area contributed by atoms with Gasteiger partial charge in [-0.05, 0) is 195 Å². The van der Waals surface area contributed by atoms with E-state index in [2.05, 4.69) is 121 Å². The maximum absolute atomic E-state index is 2.37. The lowest BCUT2D eigenvalue weighted by Crippen LogP contribution is -1.89. The predicted octanol–water partition coefficient (Wildman–Crippen LogP) is 10.7. The predicted molar refractivity (Wildman–Crippen MR) is 167 cm³/mol. The molecule has 0 unspecified atom stereocenters. The number of fused-ring (bicyclic) bond motifs is 9. The van der Waals surface area contributed by atoms with Gasteiger partial charge in [0.25, 0.3) is 0 Å². The smallest absolute Gasteiger partial charge is 0.0171 e. The highest BCUT2D eigenvalue weighted by atomic mass is 14.2. The van der Waals surface area contributed by atoms with Crippen LogP contribution < -0.4 is 0 Å². The van der Waals surface area contributed by atoms with Crippen molar-refractivity contribution in [3.8, 4) is 0 Å². The van der Waals surface area contributed by atoms with E-state index in [1.54, 1.807) is 0 Å². The fourth-order valence-corrected chi connectivity index (χ4v) is 6.87. The van der Waals surface area contributed by atoms with E-state index in [1.165, 1.54) is 97.7 Å². The van der Waals surface area contributed by atoms with Crippen molar-refractivity contribution >= 4 is 99.7 Å². The fourth-order valence-electron chi connectivity index (χ4n) is 6.87. The molecule has 9 rings (SSSR count). The zero-order chi connectivity index (χ0) is 24.5. The molecule has 0 heterocycles. The average Bonchev–Trinajstić information content (AvgIpc) is 2.91. The first-order valence-corrected chi connectivity index (χ1v) is 13.3. The van der Waals surface area contributed by atoms with Gasteiger partial charge in [-0.25, -0.2) is 0 Å². The summed E-state index contributed by atoms with van der Waals surface area (Å²) in [5.74, 6) is 0. The maximum Gasteiger partial charge on any atom is -0.0171 e. The SMILES string of the molecule is C1=C\c2cc3cc4cc5cc6cc7cc8cc9cc/1c1cc9cc8cc7cc6cc5cc4cc3cc2/C=C/1. The Morgan fingerprint density at radius 1 is 0.158 bits per heavy atom. The van der Waals surface area contributed by atoms with Crippen LogP contribution in [-0.4, -0.2) is 0 Å². The molecule has 0 fully saturated rings. The molecule has 38 heavy (non-hydrogen) atoms. The highest BCUT2D eigenvalue weighted by Gasteiger charge is 2.11. The van der Waals surface area contributed by atoms with Crippen molar-refractivity contribution in [2.75, 3.05) is 0 Å². The van der Waals surface area contributed by atoms with Crippen LogP contribution in [0.3, 0.4) is 0 Å². The van der Waals surface area contributed by atoms with E-state index in [-0.39, 0.29) is 0 Å². The summed E-state index contributed by atoms with van der Waals surface area (Å²) in [6.45, 7) is 0. The molecule has 0 radical (unpaired) electrons. The van der Waals surface area contributed by atoms with Gasteiger partial charge in [0, 0.05) is 0 Å². The molecule has 0 nitrogen and oxygen atoms in total. The van der Waals surface area contributed by atoms with Crippen LogP contribution in [0.1, 0.15) is 22.3 Å². The summed E-state index contributed by atoms with van der Waals surface area (Å²) in [6.07, 6.45) is 9.14. The van der Waals surface area contributed by atoms with E-state index in [1.807, 2.05) is 0 Å². The Morgan fingerprint density at radius 2 is 0.289 bits per heavy atom. The van der Waals surface area contributed by atoms with E-state index >= 15 is 0 Å². The average molecular weight is 477 g/mol. The van der Waals surface area contributed by atoms with E-state index < -0.39 is 0 Å². The van der Waals surface area contributed by atoms with E-state index in [4.69, 9.17) is 0 Å². The fraction of sp³-hybridized carbons (Fsp3) is 0. The minimum atomic E-state index is 1.26. The highest BCUT2D eigenvalue weighted by molar-refractivity contribution is 6.13. The first-order chi connectivity index (χ1) is 18.7. The Labute approximate surface area is 218 Å². The second kappa shape index (κ2) is 6.49. The summed E-state index contributed by atoms with van der Waals surface area (Å²) < 4.78 is 0. The zero-order valence-electron chi connectivity index (χ0n) is 20.5. The van der Waals surface area contributed by atoms with Crippen LogP contribution in [0.4, 0.5) is 0 Å². The van der Waals surface area contributed by atoms with Crippen molar-refractivity contribution < 1.29 is 0 Å². The maximum atomic E-state index is 2.37. The second-order valence-electron chi connectivity index (χ2n) is 11.2. The molecule has 0 spiro atoms. The molecule has 0 atom stereocenters. The molecule has 172 valence electrons. The van der Waals surface area contributed by atoms with Crippen molar-refractivity contribution in [3.05, 3.63) is 119 Å². The van der Waals surface area contributed by atoms with Gasteiger partial charge in [0.1, 0.15) is 0 Å². The summed E-state index contributed by atoms with van der Waals surface area (Å²) in [4.78, 5) is 0. The normalized spacial score (nSPS) is 15.3. The van der Waals surface area contributed by atoms with Gasteiger partial charge >= 0.3 is 0 Å². The van der Waals surface area contributed by atoms with Crippen LogP contribution in [0.25, 0.3) is 99.7 Å². The first-order valence-electron chi connectivity index (χ1n) is 13.3. The largest absolute Gasteiger partial charge is 0.0537 e. The van der Waals surface area contributed by atoms with E-state index in [0.29, 0.717) is 0 Å². The highest BCUT2D eigenvalue weighted by Crippen LogP contribution is 2.36. The van der Waals surface area contributed by atoms with Crippen LogP contribution in [0.5, 0.6) is 0 Å². The molecule has 0 bridgehead atoms.